The van der Waals surface area contributed by atoms with Crippen molar-refractivity contribution in [3.63, 3.8) is 0 Å². The number of Topliss-reactive ketones (excluding diaryl/α,β-unsaturated/α-hetero) is 1. The zero-order chi connectivity index (χ0) is 21.2. The maximum atomic E-state index is 12.5. The number of anilines is 1. The van der Waals surface area contributed by atoms with Gasteiger partial charge in [0.1, 0.15) is 17.0 Å². The molecule has 2 aromatic heterocycles. The molecule has 0 unspecified atom stereocenters. The molecule has 1 saturated carbocycles. The second-order valence-electron chi connectivity index (χ2n) is 9.03. The molecule has 0 atom stereocenters. The third-order valence-corrected chi connectivity index (χ3v) is 8.03. The van der Waals surface area contributed by atoms with E-state index in [-0.39, 0.29) is 0 Å². The number of fused-ring (bicyclic) bond motifs is 3. The predicted octanol–water partition coefficient (Wildman–Crippen LogP) is 4.65. The van der Waals surface area contributed by atoms with Crippen molar-refractivity contribution < 1.29 is 4.79 Å². The minimum Gasteiger partial charge on any atom is -0.367 e. The standard InChI is InChI=1S/C25H30N4OS/c1-29(15-20(30)14-17-6-3-2-4-7-17)19-12-10-18(11-13-19)28-24-23-21-8-5-9-22(21)31-25(23)27-16-26-24/h2-4,6-7,16,18-19H,5,8-15H2,1H3,(H,26,27,28). The first-order valence-electron chi connectivity index (χ1n) is 11.4. The fourth-order valence-electron chi connectivity index (χ4n) is 5.18. The van der Waals surface area contributed by atoms with Crippen molar-refractivity contribution in [2.24, 2.45) is 0 Å². The average Bonchev–Trinajstić information content (AvgIpc) is 3.36. The van der Waals surface area contributed by atoms with E-state index in [0.717, 1.165) is 48.3 Å². The maximum Gasteiger partial charge on any atom is 0.151 e. The van der Waals surface area contributed by atoms with Crippen LogP contribution >= 0.6 is 11.3 Å². The lowest BCUT2D eigenvalue weighted by Crippen LogP contribution is -2.41. The Morgan fingerprint density at radius 3 is 2.74 bits per heavy atom. The van der Waals surface area contributed by atoms with Crippen molar-refractivity contribution in [3.8, 4) is 0 Å². The molecule has 0 spiro atoms. The monoisotopic (exact) mass is 434 g/mol. The van der Waals surface area contributed by atoms with Crippen LogP contribution in [0, 0.1) is 0 Å². The van der Waals surface area contributed by atoms with Gasteiger partial charge in [-0.05, 0) is 63.1 Å². The summed E-state index contributed by atoms with van der Waals surface area (Å²) in [5, 5.41) is 5.01. The van der Waals surface area contributed by atoms with Crippen LogP contribution in [-0.2, 0) is 24.1 Å². The van der Waals surface area contributed by atoms with Gasteiger partial charge in [-0.1, -0.05) is 30.3 Å². The zero-order valence-electron chi connectivity index (χ0n) is 18.1. The Hall–Kier alpha value is -2.31. The summed E-state index contributed by atoms with van der Waals surface area (Å²) >= 11 is 1.84. The molecule has 0 saturated heterocycles. The minimum atomic E-state index is 0.295. The van der Waals surface area contributed by atoms with Crippen molar-refractivity contribution in [3.05, 3.63) is 52.7 Å². The largest absolute Gasteiger partial charge is 0.367 e. The molecule has 2 heterocycles. The van der Waals surface area contributed by atoms with Crippen LogP contribution in [0.5, 0.6) is 0 Å². The van der Waals surface area contributed by atoms with Crippen LogP contribution in [0.15, 0.2) is 36.7 Å². The number of carbonyl (C=O) groups excluding carboxylic acids is 1. The van der Waals surface area contributed by atoms with Gasteiger partial charge in [-0.2, -0.15) is 0 Å². The normalized spacial score (nSPS) is 20.8. The van der Waals surface area contributed by atoms with E-state index in [0.29, 0.717) is 30.8 Å². The Bertz CT molecular complexity index is 1060. The summed E-state index contributed by atoms with van der Waals surface area (Å²) < 4.78 is 0. The molecule has 0 radical (unpaired) electrons. The van der Waals surface area contributed by atoms with E-state index in [1.54, 1.807) is 6.33 Å². The molecular weight excluding hydrogens is 404 g/mol. The highest BCUT2D eigenvalue weighted by atomic mass is 32.1. The SMILES string of the molecule is CN(CC(=O)Cc1ccccc1)C1CCC(Nc2ncnc3sc4c(c23)CCC4)CC1. The Labute approximate surface area is 187 Å². The number of benzene rings is 1. The summed E-state index contributed by atoms with van der Waals surface area (Å²) in [6.45, 7) is 0.533. The first-order chi connectivity index (χ1) is 15.2. The van der Waals surface area contributed by atoms with E-state index in [1.165, 1.54) is 28.7 Å². The molecule has 5 rings (SSSR count). The summed E-state index contributed by atoms with van der Waals surface area (Å²) in [5.74, 6) is 1.32. The van der Waals surface area contributed by atoms with Gasteiger partial charge in [0.2, 0.25) is 0 Å². The highest BCUT2D eigenvalue weighted by Gasteiger charge is 2.27. The maximum absolute atomic E-state index is 12.5. The zero-order valence-corrected chi connectivity index (χ0v) is 19.0. The predicted molar refractivity (Wildman–Crippen MR) is 127 cm³/mol. The molecule has 2 aliphatic carbocycles. The lowest BCUT2D eigenvalue weighted by atomic mass is 9.90. The van der Waals surface area contributed by atoms with Gasteiger partial charge in [0.25, 0.3) is 0 Å². The van der Waals surface area contributed by atoms with E-state index in [4.69, 9.17) is 0 Å². The number of carbonyl (C=O) groups is 1. The molecule has 1 N–H and O–H groups in total. The Morgan fingerprint density at radius 2 is 1.94 bits per heavy atom. The van der Waals surface area contributed by atoms with Crippen LogP contribution < -0.4 is 5.32 Å². The van der Waals surface area contributed by atoms with Gasteiger partial charge < -0.3 is 5.32 Å². The third kappa shape index (κ3) is 4.51. The number of rotatable bonds is 7. The smallest absolute Gasteiger partial charge is 0.151 e. The van der Waals surface area contributed by atoms with Crippen molar-refractivity contribution in [1.29, 1.82) is 0 Å². The second-order valence-corrected chi connectivity index (χ2v) is 10.1. The number of ketones is 1. The van der Waals surface area contributed by atoms with E-state index in [2.05, 4.69) is 27.2 Å². The van der Waals surface area contributed by atoms with Crippen LogP contribution in [0.25, 0.3) is 10.2 Å². The minimum absolute atomic E-state index is 0.295. The summed E-state index contributed by atoms with van der Waals surface area (Å²) in [6.07, 6.45) is 10.3. The molecule has 6 heteroatoms. The fourth-order valence-corrected chi connectivity index (χ4v) is 6.41. The van der Waals surface area contributed by atoms with Gasteiger partial charge in [-0.15, -0.1) is 11.3 Å². The molecule has 1 aromatic carbocycles. The highest BCUT2D eigenvalue weighted by Crippen LogP contribution is 2.39. The van der Waals surface area contributed by atoms with E-state index in [1.807, 2.05) is 41.7 Å². The van der Waals surface area contributed by atoms with Gasteiger partial charge in [0, 0.05) is 23.4 Å². The average molecular weight is 435 g/mol. The molecule has 0 bridgehead atoms. The van der Waals surface area contributed by atoms with E-state index in [9.17, 15) is 4.79 Å². The number of aryl methyl sites for hydroxylation is 2. The first-order valence-corrected chi connectivity index (χ1v) is 12.3. The van der Waals surface area contributed by atoms with Crippen LogP contribution in [0.2, 0.25) is 0 Å². The Morgan fingerprint density at radius 1 is 1.13 bits per heavy atom. The summed E-state index contributed by atoms with van der Waals surface area (Å²) in [7, 11) is 2.10. The molecule has 31 heavy (non-hydrogen) atoms. The van der Waals surface area contributed by atoms with Crippen molar-refractivity contribution in [2.75, 3.05) is 18.9 Å². The van der Waals surface area contributed by atoms with Gasteiger partial charge in [0.05, 0.1) is 11.9 Å². The molecule has 0 aliphatic heterocycles. The summed E-state index contributed by atoms with van der Waals surface area (Å²) in [5.41, 5.74) is 2.58. The quantitative estimate of drug-likeness (QED) is 0.587. The number of nitrogens with one attached hydrogen (secondary N) is 1. The molecule has 3 aromatic rings. The molecule has 162 valence electrons. The van der Waals surface area contributed by atoms with Crippen LogP contribution in [0.4, 0.5) is 5.82 Å². The first kappa shape index (κ1) is 20.6. The number of aromatic nitrogens is 2. The number of nitrogens with zero attached hydrogens (tertiary/aromatic N) is 3. The second kappa shape index (κ2) is 9.05. The fraction of sp³-hybridized carbons (Fsp3) is 0.480. The van der Waals surface area contributed by atoms with Crippen LogP contribution in [0.1, 0.15) is 48.1 Å². The van der Waals surface area contributed by atoms with Crippen LogP contribution in [0.3, 0.4) is 0 Å². The lowest BCUT2D eigenvalue weighted by molar-refractivity contribution is -0.119. The van der Waals surface area contributed by atoms with E-state index < -0.39 is 0 Å². The number of hydrogen-bond acceptors (Lipinski definition) is 6. The topological polar surface area (TPSA) is 58.1 Å². The van der Waals surface area contributed by atoms with Gasteiger partial charge >= 0.3 is 0 Å². The van der Waals surface area contributed by atoms with Crippen molar-refractivity contribution >= 4 is 33.2 Å². The lowest BCUT2D eigenvalue weighted by Gasteiger charge is -2.35. The molecular formula is C25H30N4OS. The van der Waals surface area contributed by atoms with Crippen LogP contribution in [-0.4, -0.2) is 46.3 Å². The number of thiophene rings is 1. The number of hydrogen-bond donors (Lipinski definition) is 1. The van der Waals surface area contributed by atoms with Crippen molar-refractivity contribution in [1.82, 2.24) is 14.9 Å². The Kier molecular flexibility index (Phi) is 6.01. The number of likely N-dealkylation sites (N-methyl/N-ethyl adjacent to an activating group) is 1. The van der Waals surface area contributed by atoms with Gasteiger partial charge in [-0.25, -0.2) is 9.97 Å². The Balaban J connectivity index is 1.16. The molecule has 5 nitrogen and oxygen atoms in total. The van der Waals surface area contributed by atoms with Gasteiger partial charge in [0.15, 0.2) is 5.78 Å². The highest BCUT2D eigenvalue weighted by molar-refractivity contribution is 7.19. The summed E-state index contributed by atoms with van der Waals surface area (Å²) in [4.78, 5) is 26.5. The summed E-state index contributed by atoms with van der Waals surface area (Å²) in [6, 6.07) is 11.0. The van der Waals surface area contributed by atoms with E-state index >= 15 is 0 Å². The third-order valence-electron chi connectivity index (χ3n) is 6.83. The molecule has 2 aliphatic rings. The molecule has 0 amide bonds. The molecule has 1 fully saturated rings. The van der Waals surface area contributed by atoms with Crippen molar-refractivity contribution in [2.45, 2.75) is 63.5 Å². The van der Waals surface area contributed by atoms with Gasteiger partial charge in [-0.3, -0.25) is 9.69 Å².